The van der Waals surface area contributed by atoms with Crippen LogP contribution in [0.25, 0.3) is 10.9 Å². The van der Waals surface area contributed by atoms with Gasteiger partial charge >= 0.3 is 0 Å². The number of fused-ring (bicyclic) bond motifs is 1. The number of methoxy groups -OCH3 is 1. The van der Waals surface area contributed by atoms with Crippen LogP contribution >= 0.6 is 0 Å². The molecular weight excluding hydrogens is 424 g/mol. The van der Waals surface area contributed by atoms with Crippen molar-refractivity contribution in [3.63, 3.8) is 0 Å². The van der Waals surface area contributed by atoms with Gasteiger partial charge in [0.25, 0.3) is 0 Å². The molecule has 0 aliphatic carbocycles. The standard InChI is InChI=1S/C24H28N4O5/c1-17-4-3-5-19(12-17)28-24-18(15-25)16-27-21-14-23(32-10-7-30-8-11-33-26)22(13-20(21)24)31-9-6-29-2/h3-5,12-14,16H,6-11,26H2,1-2H3,(H,27,28). The highest BCUT2D eigenvalue weighted by Crippen LogP contribution is 2.37. The van der Waals surface area contributed by atoms with Crippen LogP contribution in [-0.2, 0) is 14.3 Å². The average Bonchev–Trinajstić information content (AvgIpc) is 2.82. The Kier molecular flexibility index (Phi) is 9.23. The predicted octanol–water partition coefficient (Wildman–Crippen LogP) is 3.47. The van der Waals surface area contributed by atoms with Gasteiger partial charge in [-0.15, -0.1) is 0 Å². The molecule has 0 unspecified atom stereocenters. The van der Waals surface area contributed by atoms with Gasteiger partial charge in [0.15, 0.2) is 11.5 Å². The third kappa shape index (κ3) is 6.78. The molecule has 0 saturated heterocycles. The van der Waals surface area contributed by atoms with E-state index < -0.39 is 0 Å². The molecule has 0 fully saturated rings. The number of hydrogen-bond acceptors (Lipinski definition) is 9. The molecule has 0 aliphatic heterocycles. The Hall–Kier alpha value is -3.42. The Balaban J connectivity index is 1.93. The summed E-state index contributed by atoms with van der Waals surface area (Å²) in [7, 11) is 1.61. The van der Waals surface area contributed by atoms with Crippen LogP contribution in [0, 0.1) is 18.3 Å². The van der Waals surface area contributed by atoms with Crippen molar-refractivity contribution in [3.8, 4) is 17.6 Å². The van der Waals surface area contributed by atoms with Crippen LogP contribution in [0.4, 0.5) is 11.4 Å². The third-order valence-corrected chi connectivity index (χ3v) is 4.72. The minimum Gasteiger partial charge on any atom is -0.487 e. The molecule has 3 N–H and O–H groups in total. The molecule has 9 nitrogen and oxygen atoms in total. The fourth-order valence-corrected chi connectivity index (χ4v) is 3.17. The minimum atomic E-state index is 0.307. The van der Waals surface area contributed by atoms with Crippen molar-refractivity contribution >= 4 is 22.3 Å². The number of anilines is 2. The maximum Gasteiger partial charge on any atom is 0.163 e. The second-order valence-electron chi connectivity index (χ2n) is 7.14. The van der Waals surface area contributed by atoms with E-state index in [1.54, 1.807) is 19.4 Å². The molecule has 0 saturated carbocycles. The van der Waals surface area contributed by atoms with Gasteiger partial charge in [-0.05, 0) is 30.7 Å². The van der Waals surface area contributed by atoms with E-state index in [2.05, 4.69) is 21.2 Å². The number of hydrogen-bond donors (Lipinski definition) is 2. The molecule has 3 aromatic rings. The monoisotopic (exact) mass is 452 g/mol. The van der Waals surface area contributed by atoms with Gasteiger partial charge in [0.05, 0.1) is 43.2 Å². The molecule has 1 heterocycles. The van der Waals surface area contributed by atoms with E-state index in [1.165, 1.54) is 0 Å². The molecule has 0 atom stereocenters. The summed E-state index contributed by atoms with van der Waals surface area (Å²) in [5.74, 6) is 6.03. The molecule has 0 spiro atoms. The summed E-state index contributed by atoms with van der Waals surface area (Å²) in [4.78, 5) is 8.93. The zero-order chi connectivity index (χ0) is 23.5. The first kappa shape index (κ1) is 24.2. The molecule has 9 heteroatoms. The van der Waals surface area contributed by atoms with Crippen molar-refractivity contribution in [3.05, 3.63) is 53.7 Å². The van der Waals surface area contributed by atoms with Crippen molar-refractivity contribution in [1.82, 2.24) is 4.98 Å². The molecule has 0 amide bonds. The van der Waals surface area contributed by atoms with Crippen LogP contribution in [0.1, 0.15) is 11.1 Å². The fraction of sp³-hybridized carbons (Fsp3) is 0.333. The van der Waals surface area contributed by atoms with Crippen molar-refractivity contribution in [2.24, 2.45) is 5.90 Å². The maximum atomic E-state index is 9.68. The van der Waals surface area contributed by atoms with E-state index in [-0.39, 0.29) is 0 Å². The van der Waals surface area contributed by atoms with Gasteiger partial charge in [-0.2, -0.15) is 5.26 Å². The summed E-state index contributed by atoms with van der Waals surface area (Å²) in [5.41, 5.74) is 3.73. The Morgan fingerprint density at radius 2 is 1.76 bits per heavy atom. The minimum absolute atomic E-state index is 0.307. The van der Waals surface area contributed by atoms with E-state index in [1.807, 2.05) is 37.3 Å². The molecule has 3 rings (SSSR count). The number of pyridine rings is 1. The molecule has 1 aromatic heterocycles. The van der Waals surface area contributed by atoms with Crippen molar-refractivity contribution < 1.29 is 23.8 Å². The van der Waals surface area contributed by atoms with Crippen LogP contribution in [0.15, 0.2) is 42.6 Å². The van der Waals surface area contributed by atoms with Crippen molar-refractivity contribution in [1.29, 1.82) is 5.26 Å². The predicted molar refractivity (Wildman–Crippen MR) is 125 cm³/mol. The highest BCUT2D eigenvalue weighted by atomic mass is 16.6. The zero-order valence-corrected chi connectivity index (χ0v) is 18.8. The number of nitrogens with one attached hydrogen (secondary N) is 1. The van der Waals surface area contributed by atoms with Crippen LogP contribution in [0.2, 0.25) is 0 Å². The molecule has 0 radical (unpaired) electrons. The zero-order valence-electron chi connectivity index (χ0n) is 18.8. The van der Waals surface area contributed by atoms with Crippen LogP contribution in [0.5, 0.6) is 11.5 Å². The summed E-state index contributed by atoms with van der Waals surface area (Å²) in [6.45, 7) is 4.13. The Morgan fingerprint density at radius 3 is 2.48 bits per heavy atom. The van der Waals surface area contributed by atoms with Crippen molar-refractivity contribution in [2.45, 2.75) is 6.92 Å². The first-order valence-corrected chi connectivity index (χ1v) is 10.5. The van der Waals surface area contributed by atoms with Gasteiger partial charge in [0.2, 0.25) is 0 Å². The number of nitrogens with zero attached hydrogens (tertiary/aromatic N) is 2. The number of ether oxygens (including phenoxy) is 4. The lowest BCUT2D eigenvalue weighted by atomic mass is 10.1. The average molecular weight is 453 g/mol. The third-order valence-electron chi connectivity index (χ3n) is 4.72. The Labute approximate surface area is 192 Å². The van der Waals surface area contributed by atoms with E-state index in [0.29, 0.717) is 67.9 Å². The smallest absolute Gasteiger partial charge is 0.163 e. The number of nitriles is 1. The first-order chi connectivity index (χ1) is 16.2. The lowest BCUT2D eigenvalue weighted by Crippen LogP contribution is -2.13. The number of rotatable bonds is 13. The van der Waals surface area contributed by atoms with Gasteiger partial charge in [0.1, 0.15) is 19.3 Å². The SMILES string of the molecule is COCCOc1cc2c(Nc3cccc(C)c3)c(C#N)cnc2cc1OCCOCCON. The number of benzene rings is 2. The lowest BCUT2D eigenvalue weighted by molar-refractivity contribution is 0.0358. The van der Waals surface area contributed by atoms with Crippen LogP contribution in [-0.4, -0.2) is 51.7 Å². The van der Waals surface area contributed by atoms with E-state index in [4.69, 9.17) is 24.8 Å². The molecule has 33 heavy (non-hydrogen) atoms. The van der Waals surface area contributed by atoms with Gasteiger partial charge < -0.3 is 29.1 Å². The van der Waals surface area contributed by atoms with E-state index in [9.17, 15) is 5.26 Å². The van der Waals surface area contributed by atoms with Crippen LogP contribution in [0.3, 0.4) is 0 Å². The fourth-order valence-electron chi connectivity index (χ4n) is 3.17. The van der Waals surface area contributed by atoms with Gasteiger partial charge in [-0.3, -0.25) is 4.98 Å². The van der Waals surface area contributed by atoms with Crippen LogP contribution < -0.4 is 20.7 Å². The molecule has 0 bridgehead atoms. The largest absolute Gasteiger partial charge is 0.487 e. The Bertz CT molecular complexity index is 1100. The first-order valence-electron chi connectivity index (χ1n) is 10.5. The highest BCUT2D eigenvalue weighted by molar-refractivity contribution is 5.97. The molecule has 174 valence electrons. The summed E-state index contributed by atoms with van der Waals surface area (Å²) < 4.78 is 22.3. The summed E-state index contributed by atoms with van der Waals surface area (Å²) >= 11 is 0. The number of aromatic nitrogens is 1. The normalized spacial score (nSPS) is 10.7. The Morgan fingerprint density at radius 1 is 1.00 bits per heavy atom. The number of aryl methyl sites for hydroxylation is 1. The quantitative estimate of drug-likeness (QED) is 0.296. The second-order valence-corrected chi connectivity index (χ2v) is 7.14. The summed E-state index contributed by atoms with van der Waals surface area (Å²) in [6, 6.07) is 13.8. The van der Waals surface area contributed by atoms with E-state index in [0.717, 1.165) is 16.6 Å². The highest BCUT2D eigenvalue weighted by Gasteiger charge is 2.15. The van der Waals surface area contributed by atoms with Gasteiger partial charge in [0, 0.05) is 30.4 Å². The second kappa shape index (κ2) is 12.6. The number of nitrogens with two attached hydrogens (primary N) is 1. The van der Waals surface area contributed by atoms with Gasteiger partial charge in [-0.25, -0.2) is 5.90 Å². The summed E-state index contributed by atoms with van der Waals surface area (Å²) in [5, 5.41) is 13.8. The maximum absolute atomic E-state index is 9.68. The molecule has 0 aliphatic rings. The van der Waals surface area contributed by atoms with Gasteiger partial charge in [-0.1, -0.05) is 12.1 Å². The molecular formula is C24H28N4O5. The van der Waals surface area contributed by atoms with Crippen molar-refractivity contribution in [2.75, 3.05) is 52.1 Å². The molecule has 2 aromatic carbocycles. The van der Waals surface area contributed by atoms with E-state index >= 15 is 0 Å². The topological polar surface area (TPSA) is 121 Å². The summed E-state index contributed by atoms with van der Waals surface area (Å²) in [6.07, 6.45) is 1.55. The lowest BCUT2D eigenvalue weighted by Gasteiger charge is -2.17.